The van der Waals surface area contributed by atoms with Crippen molar-refractivity contribution in [1.29, 1.82) is 0 Å². The molecule has 120 valence electrons. The van der Waals surface area contributed by atoms with E-state index in [1.165, 1.54) is 0 Å². The van der Waals surface area contributed by atoms with Gasteiger partial charge in [-0.25, -0.2) is 4.79 Å². The highest BCUT2D eigenvalue weighted by Crippen LogP contribution is 2.20. The number of ether oxygens (including phenoxy) is 1. The van der Waals surface area contributed by atoms with Gasteiger partial charge in [0.2, 0.25) is 5.91 Å². The number of carbonyl (C=O) groups excluding carboxylic acids is 1. The maximum atomic E-state index is 12.0. The van der Waals surface area contributed by atoms with Crippen LogP contribution >= 0.6 is 0 Å². The van der Waals surface area contributed by atoms with Crippen LogP contribution in [0.15, 0.2) is 0 Å². The Balaban J connectivity index is 1.46. The highest BCUT2D eigenvalue weighted by molar-refractivity contribution is 5.82. The molecule has 2 atom stereocenters. The van der Waals surface area contributed by atoms with E-state index in [0.717, 1.165) is 37.5 Å². The van der Waals surface area contributed by atoms with E-state index >= 15 is 0 Å². The number of aryl methyl sites for hydroxylation is 1. The number of carboxylic acid groups (broad SMARTS) is 1. The predicted octanol–water partition coefficient (Wildman–Crippen LogP) is -0.0947. The zero-order valence-corrected chi connectivity index (χ0v) is 12.3. The van der Waals surface area contributed by atoms with Crippen LogP contribution in [0.25, 0.3) is 0 Å². The van der Waals surface area contributed by atoms with Gasteiger partial charge in [0.15, 0.2) is 6.10 Å². The van der Waals surface area contributed by atoms with E-state index < -0.39 is 18.2 Å². The summed E-state index contributed by atoms with van der Waals surface area (Å²) in [6, 6.07) is 0. The zero-order chi connectivity index (χ0) is 15.5. The molecule has 8 nitrogen and oxygen atoms in total. The van der Waals surface area contributed by atoms with Crippen LogP contribution in [0.2, 0.25) is 0 Å². The molecule has 0 spiro atoms. The summed E-state index contributed by atoms with van der Waals surface area (Å²) in [6.45, 7) is 1.40. The first-order valence-corrected chi connectivity index (χ1v) is 7.72. The van der Waals surface area contributed by atoms with E-state index in [0.29, 0.717) is 25.8 Å². The van der Waals surface area contributed by atoms with Crippen molar-refractivity contribution in [3.63, 3.8) is 0 Å². The van der Waals surface area contributed by atoms with E-state index in [9.17, 15) is 9.59 Å². The van der Waals surface area contributed by atoms with Crippen LogP contribution in [-0.4, -0.2) is 50.5 Å². The first-order chi connectivity index (χ1) is 10.6. The molecule has 0 aromatic carbocycles. The van der Waals surface area contributed by atoms with Gasteiger partial charge in [0.25, 0.3) is 0 Å². The molecule has 0 radical (unpaired) electrons. The van der Waals surface area contributed by atoms with Crippen LogP contribution in [0.4, 0.5) is 0 Å². The Bertz CT molecular complexity index is 571. The van der Waals surface area contributed by atoms with Gasteiger partial charge in [0.1, 0.15) is 17.8 Å². The number of nitrogens with one attached hydrogen (secondary N) is 1. The Morgan fingerprint density at radius 2 is 2.09 bits per heavy atom. The largest absolute Gasteiger partial charge is 0.479 e. The third-order valence-corrected chi connectivity index (χ3v) is 4.17. The molecule has 0 unspecified atom stereocenters. The monoisotopic (exact) mass is 308 g/mol. The second kappa shape index (κ2) is 6.43. The molecule has 2 aliphatic heterocycles. The van der Waals surface area contributed by atoms with E-state index in [4.69, 9.17) is 9.84 Å². The van der Waals surface area contributed by atoms with Crippen molar-refractivity contribution >= 4 is 11.9 Å². The molecule has 8 heteroatoms. The lowest BCUT2D eigenvalue weighted by atomic mass is 10.1. The lowest BCUT2D eigenvalue weighted by Gasteiger charge is -2.15. The highest BCUT2D eigenvalue weighted by Gasteiger charge is 2.34. The predicted molar refractivity (Wildman–Crippen MR) is 75.2 cm³/mol. The third-order valence-electron chi connectivity index (χ3n) is 4.17. The van der Waals surface area contributed by atoms with Gasteiger partial charge in [0, 0.05) is 25.9 Å². The molecule has 1 aromatic rings. The summed E-state index contributed by atoms with van der Waals surface area (Å²) >= 11 is 0. The lowest BCUT2D eigenvalue weighted by molar-refractivity contribution is -0.151. The van der Waals surface area contributed by atoms with E-state index in [1.807, 2.05) is 0 Å². The summed E-state index contributed by atoms with van der Waals surface area (Å²) in [4.78, 5) is 22.8. The standard InChI is InChI=1S/C14H20N4O4/c19-13(9-4-5-10(22-9)14(20)21)15-7-6-12-17-16-11-3-1-2-8-18(11)12/h9-10H,1-8H2,(H,15,19)(H,20,21)/t9-,10+/m1/s1. The topological polar surface area (TPSA) is 106 Å². The maximum Gasteiger partial charge on any atom is 0.332 e. The highest BCUT2D eigenvalue weighted by atomic mass is 16.5. The second-order valence-corrected chi connectivity index (χ2v) is 5.71. The van der Waals surface area contributed by atoms with Crippen LogP contribution in [-0.2, 0) is 33.7 Å². The van der Waals surface area contributed by atoms with Gasteiger partial charge >= 0.3 is 5.97 Å². The summed E-state index contributed by atoms with van der Waals surface area (Å²) < 4.78 is 7.35. The number of nitrogens with zero attached hydrogens (tertiary/aromatic N) is 3. The lowest BCUT2D eigenvalue weighted by Crippen LogP contribution is -2.36. The van der Waals surface area contributed by atoms with Crippen molar-refractivity contribution < 1.29 is 19.4 Å². The minimum absolute atomic E-state index is 0.248. The van der Waals surface area contributed by atoms with Crippen LogP contribution < -0.4 is 5.32 Å². The summed E-state index contributed by atoms with van der Waals surface area (Å²) in [5.41, 5.74) is 0. The second-order valence-electron chi connectivity index (χ2n) is 5.71. The van der Waals surface area contributed by atoms with Gasteiger partial charge in [-0.15, -0.1) is 10.2 Å². The normalized spacial score (nSPS) is 24.0. The zero-order valence-electron chi connectivity index (χ0n) is 12.3. The molecule has 0 aliphatic carbocycles. The Kier molecular flexibility index (Phi) is 4.37. The Morgan fingerprint density at radius 1 is 1.27 bits per heavy atom. The molecule has 0 bridgehead atoms. The number of rotatable bonds is 5. The molecule has 1 saturated heterocycles. The number of carboxylic acids is 1. The summed E-state index contributed by atoms with van der Waals surface area (Å²) in [5.74, 6) is 0.661. The van der Waals surface area contributed by atoms with Crippen molar-refractivity contribution in [3.05, 3.63) is 11.6 Å². The molecule has 22 heavy (non-hydrogen) atoms. The molecule has 1 fully saturated rings. The fourth-order valence-electron chi connectivity index (χ4n) is 2.98. The van der Waals surface area contributed by atoms with Gasteiger partial charge in [-0.2, -0.15) is 0 Å². The van der Waals surface area contributed by atoms with Gasteiger partial charge < -0.3 is 19.7 Å². The third kappa shape index (κ3) is 3.11. The molecule has 0 saturated carbocycles. The number of fused-ring (bicyclic) bond motifs is 1. The number of hydrogen-bond acceptors (Lipinski definition) is 5. The molecular weight excluding hydrogens is 288 g/mol. The summed E-state index contributed by atoms with van der Waals surface area (Å²) in [5, 5.41) is 20.0. The smallest absolute Gasteiger partial charge is 0.332 e. The van der Waals surface area contributed by atoms with Crippen LogP contribution in [0.1, 0.15) is 37.3 Å². The molecule has 1 aromatic heterocycles. The summed E-state index contributed by atoms with van der Waals surface area (Å²) in [7, 11) is 0. The van der Waals surface area contributed by atoms with Crippen LogP contribution in [0.5, 0.6) is 0 Å². The number of aromatic nitrogens is 3. The summed E-state index contributed by atoms with van der Waals surface area (Å²) in [6.07, 6.45) is 3.18. The van der Waals surface area contributed by atoms with Gasteiger partial charge in [-0.1, -0.05) is 0 Å². The fourth-order valence-corrected chi connectivity index (χ4v) is 2.98. The molecule has 2 aliphatic rings. The van der Waals surface area contributed by atoms with E-state index in [-0.39, 0.29) is 5.91 Å². The van der Waals surface area contributed by atoms with Gasteiger partial charge in [0.05, 0.1) is 0 Å². The van der Waals surface area contributed by atoms with Crippen molar-refractivity contribution in [2.24, 2.45) is 0 Å². The SMILES string of the molecule is O=C(O)[C@@H]1CC[C@H](C(=O)NCCc2nnc3n2CCCC3)O1. The van der Waals surface area contributed by atoms with Crippen LogP contribution in [0, 0.1) is 0 Å². The number of aliphatic carboxylic acids is 1. The molecule has 1 amide bonds. The Hall–Kier alpha value is -1.96. The van der Waals surface area contributed by atoms with Crippen molar-refractivity contribution in [1.82, 2.24) is 20.1 Å². The number of amides is 1. The molecular formula is C14H20N4O4. The van der Waals surface area contributed by atoms with Crippen molar-refractivity contribution in [2.75, 3.05) is 6.54 Å². The van der Waals surface area contributed by atoms with Gasteiger partial charge in [-0.3, -0.25) is 4.79 Å². The Labute approximate surface area is 127 Å². The average Bonchev–Trinajstić information content (AvgIpc) is 3.14. The van der Waals surface area contributed by atoms with Gasteiger partial charge in [-0.05, 0) is 25.7 Å². The van der Waals surface area contributed by atoms with Crippen LogP contribution in [0.3, 0.4) is 0 Å². The van der Waals surface area contributed by atoms with Crippen molar-refractivity contribution in [2.45, 2.75) is 57.3 Å². The fraction of sp³-hybridized carbons (Fsp3) is 0.714. The number of carbonyl (C=O) groups is 2. The maximum absolute atomic E-state index is 12.0. The molecule has 3 heterocycles. The number of hydrogen-bond donors (Lipinski definition) is 2. The van der Waals surface area contributed by atoms with E-state index in [2.05, 4.69) is 20.1 Å². The van der Waals surface area contributed by atoms with E-state index in [1.54, 1.807) is 0 Å². The minimum Gasteiger partial charge on any atom is -0.479 e. The quantitative estimate of drug-likeness (QED) is 0.787. The first kappa shape index (κ1) is 15.0. The molecule has 3 rings (SSSR count). The van der Waals surface area contributed by atoms with Crippen molar-refractivity contribution in [3.8, 4) is 0 Å². The average molecular weight is 308 g/mol. The molecule has 2 N–H and O–H groups in total. The first-order valence-electron chi connectivity index (χ1n) is 7.72. The Morgan fingerprint density at radius 3 is 2.86 bits per heavy atom. The minimum atomic E-state index is -1.01.